The third kappa shape index (κ3) is 4.86. The highest BCUT2D eigenvalue weighted by Gasteiger charge is 2.26. The van der Waals surface area contributed by atoms with Gasteiger partial charge in [0.2, 0.25) is 0 Å². The molecule has 0 radical (unpaired) electrons. The topological polar surface area (TPSA) is 55.4 Å². The van der Waals surface area contributed by atoms with Gasteiger partial charge < -0.3 is 10.1 Å². The van der Waals surface area contributed by atoms with E-state index in [0.717, 1.165) is 29.3 Å². The van der Waals surface area contributed by atoms with Gasteiger partial charge in [-0.15, -0.1) is 0 Å². The lowest BCUT2D eigenvalue weighted by Crippen LogP contribution is -2.44. The zero-order valence-corrected chi connectivity index (χ0v) is 14.0. The van der Waals surface area contributed by atoms with Gasteiger partial charge in [0.25, 0.3) is 5.91 Å². The molecule has 0 aromatic heterocycles. The molecule has 4 nitrogen and oxygen atoms in total. The van der Waals surface area contributed by atoms with Gasteiger partial charge in [-0.2, -0.15) is 0 Å². The van der Waals surface area contributed by atoms with E-state index in [2.05, 4.69) is 5.32 Å². The number of hydrogen-bond donors (Lipinski definition) is 1. The number of benzene rings is 2. The van der Waals surface area contributed by atoms with Crippen LogP contribution in [0.1, 0.15) is 28.4 Å². The van der Waals surface area contributed by atoms with Crippen LogP contribution in [0, 0.1) is 18.6 Å². The maximum Gasteiger partial charge on any atom is 0.328 e. The zero-order chi connectivity index (χ0) is 18.4. The van der Waals surface area contributed by atoms with Crippen molar-refractivity contribution in [3.63, 3.8) is 0 Å². The SMILES string of the molecule is CCOC(=O)[C@H](Cc1ccc(C)cc1)NC(=O)c1c(F)cccc1F. The van der Waals surface area contributed by atoms with E-state index in [1.54, 1.807) is 6.92 Å². The molecule has 0 spiro atoms. The quantitative estimate of drug-likeness (QED) is 0.817. The Bertz CT molecular complexity index is 740. The van der Waals surface area contributed by atoms with Crippen LogP contribution in [0.2, 0.25) is 0 Å². The van der Waals surface area contributed by atoms with Gasteiger partial charge in [-0.05, 0) is 31.5 Å². The summed E-state index contributed by atoms with van der Waals surface area (Å²) in [6.07, 6.45) is 0.154. The molecule has 6 heteroatoms. The fourth-order valence-electron chi connectivity index (χ4n) is 2.34. The van der Waals surface area contributed by atoms with Crippen molar-refractivity contribution < 1.29 is 23.1 Å². The van der Waals surface area contributed by atoms with Crippen LogP contribution < -0.4 is 5.32 Å². The van der Waals surface area contributed by atoms with Crippen LogP contribution >= 0.6 is 0 Å². The van der Waals surface area contributed by atoms with Crippen molar-refractivity contribution in [2.45, 2.75) is 26.3 Å². The maximum atomic E-state index is 13.8. The van der Waals surface area contributed by atoms with Crippen molar-refractivity contribution in [2.24, 2.45) is 0 Å². The molecule has 1 atom stereocenters. The first-order valence-corrected chi connectivity index (χ1v) is 7.89. The summed E-state index contributed by atoms with van der Waals surface area (Å²) in [5.74, 6) is -3.64. The maximum absolute atomic E-state index is 13.8. The van der Waals surface area contributed by atoms with E-state index >= 15 is 0 Å². The van der Waals surface area contributed by atoms with Gasteiger partial charge in [0, 0.05) is 6.42 Å². The smallest absolute Gasteiger partial charge is 0.328 e. The Morgan fingerprint density at radius 3 is 2.24 bits per heavy atom. The summed E-state index contributed by atoms with van der Waals surface area (Å²) in [4.78, 5) is 24.4. The van der Waals surface area contributed by atoms with Crippen LogP contribution in [-0.2, 0) is 16.0 Å². The Morgan fingerprint density at radius 1 is 1.08 bits per heavy atom. The van der Waals surface area contributed by atoms with Crippen LogP contribution in [0.3, 0.4) is 0 Å². The van der Waals surface area contributed by atoms with Gasteiger partial charge in [-0.3, -0.25) is 4.79 Å². The molecule has 0 saturated carbocycles. The van der Waals surface area contributed by atoms with E-state index in [0.29, 0.717) is 0 Å². The summed E-state index contributed by atoms with van der Waals surface area (Å²) in [6.45, 7) is 3.70. The second-order valence-electron chi connectivity index (χ2n) is 5.56. The highest BCUT2D eigenvalue weighted by Crippen LogP contribution is 2.13. The predicted molar refractivity (Wildman–Crippen MR) is 89.1 cm³/mol. The molecule has 0 aliphatic rings. The van der Waals surface area contributed by atoms with Crippen LogP contribution in [0.4, 0.5) is 8.78 Å². The second-order valence-corrected chi connectivity index (χ2v) is 5.56. The average Bonchev–Trinajstić information content (AvgIpc) is 2.56. The standard InChI is InChI=1S/C19H19F2NO3/c1-3-25-19(24)16(11-13-9-7-12(2)8-10-13)22-18(23)17-14(20)5-4-6-15(17)21/h4-10,16H,3,11H2,1-2H3,(H,22,23)/t16-/m0/s1. The van der Waals surface area contributed by atoms with Crippen molar-refractivity contribution in [3.05, 3.63) is 70.8 Å². The van der Waals surface area contributed by atoms with Crippen LogP contribution in [-0.4, -0.2) is 24.5 Å². The lowest BCUT2D eigenvalue weighted by atomic mass is 10.0. The Hall–Kier alpha value is -2.76. The molecule has 132 valence electrons. The Labute approximate surface area is 144 Å². The lowest BCUT2D eigenvalue weighted by molar-refractivity contribution is -0.145. The molecule has 0 saturated heterocycles. The number of amides is 1. The Morgan fingerprint density at radius 2 is 1.68 bits per heavy atom. The van der Waals surface area contributed by atoms with Crippen molar-refractivity contribution in [2.75, 3.05) is 6.61 Å². The van der Waals surface area contributed by atoms with E-state index in [1.165, 1.54) is 0 Å². The van der Waals surface area contributed by atoms with Crippen LogP contribution in [0.25, 0.3) is 0 Å². The molecule has 0 aliphatic carbocycles. The monoisotopic (exact) mass is 347 g/mol. The number of aryl methyl sites for hydroxylation is 1. The molecule has 0 aliphatic heterocycles. The Balaban J connectivity index is 2.22. The highest BCUT2D eigenvalue weighted by atomic mass is 19.1. The number of carbonyl (C=O) groups excluding carboxylic acids is 2. The number of halogens is 2. The van der Waals surface area contributed by atoms with Gasteiger partial charge in [0.1, 0.15) is 23.2 Å². The van der Waals surface area contributed by atoms with Gasteiger partial charge in [-0.25, -0.2) is 13.6 Å². The molecule has 1 amide bonds. The third-order valence-corrected chi connectivity index (χ3v) is 3.63. The van der Waals surface area contributed by atoms with E-state index in [4.69, 9.17) is 4.74 Å². The number of nitrogens with one attached hydrogen (secondary N) is 1. The van der Waals surface area contributed by atoms with Crippen molar-refractivity contribution in [1.82, 2.24) is 5.32 Å². The molecule has 2 rings (SSSR count). The van der Waals surface area contributed by atoms with Crippen LogP contribution in [0.5, 0.6) is 0 Å². The zero-order valence-electron chi connectivity index (χ0n) is 14.0. The molecule has 1 N–H and O–H groups in total. The first kappa shape index (κ1) is 18.6. The number of carbonyl (C=O) groups is 2. The Kier molecular flexibility index (Phi) is 6.22. The summed E-state index contributed by atoms with van der Waals surface area (Å²) in [7, 11) is 0. The minimum atomic E-state index is -1.05. The fourth-order valence-corrected chi connectivity index (χ4v) is 2.34. The summed E-state index contributed by atoms with van der Waals surface area (Å²) in [6, 6.07) is 9.46. The van der Waals surface area contributed by atoms with Crippen molar-refractivity contribution >= 4 is 11.9 Å². The van der Waals surface area contributed by atoms with Gasteiger partial charge in [-0.1, -0.05) is 35.9 Å². The number of hydrogen-bond acceptors (Lipinski definition) is 3. The van der Waals surface area contributed by atoms with Gasteiger partial charge in [0.05, 0.1) is 6.61 Å². The van der Waals surface area contributed by atoms with Crippen molar-refractivity contribution in [3.8, 4) is 0 Å². The van der Waals surface area contributed by atoms with Gasteiger partial charge >= 0.3 is 5.97 Å². The highest BCUT2D eigenvalue weighted by molar-refractivity contribution is 5.97. The number of ether oxygens (including phenoxy) is 1. The van der Waals surface area contributed by atoms with E-state index < -0.39 is 35.1 Å². The number of esters is 1. The second kappa shape index (κ2) is 8.37. The predicted octanol–water partition coefficient (Wildman–Crippen LogP) is 3.18. The lowest BCUT2D eigenvalue weighted by Gasteiger charge is -2.18. The number of rotatable bonds is 6. The largest absolute Gasteiger partial charge is 0.464 e. The van der Waals surface area contributed by atoms with Crippen LogP contribution in [0.15, 0.2) is 42.5 Å². The summed E-state index contributed by atoms with van der Waals surface area (Å²) < 4.78 is 32.5. The molecular formula is C19H19F2NO3. The van der Waals surface area contributed by atoms with E-state index in [1.807, 2.05) is 31.2 Å². The first-order chi connectivity index (χ1) is 11.9. The average molecular weight is 347 g/mol. The molecule has 25 heavy (non-hydrogen) atoms. The minimum absolute atomic E-state index is 0.132. The minimum Gasteiger partial charge on any atom is -0.464 e. The summed E-state index contributed by atoms with van der Waals surface area (Å²) >= 11 is 0. The molecular weight excluding hydrogens is 328 g/mol. The molecule has 0 heterocycles. The molecule has 2 aromatic rings. The van der Waals surface area contributed by atoms with Crippen molar-refractivity contribution in [1.29, 1.82) is 0 Å². The molecule has 0 fully saturated rings. The first-order valence-electron chi connectivity index (χ1n) is 7.89. The molecule has 0 bridgehead atoms. The summed E-state index contributed by atoms with van der Waals surface area (Å²) in [5.41, 5.74) is 1.12. The van der Waals surface area contributed by atoms with E-state index in [9.17, 15) is 18.4 Å². The third-order valence-electron chi connectivity index (χ3n) is 3.63. The fraction of sp³-hybridized carbons (Fsp3) is 0.263. The van der Waals surface area contributed by atoms with Gasteiger partial charge in [0.15, 0.2) is 0 Å². The molecule has 0 unspecified atom stereocenters. The molecule has 2 aromatic carbocycles. The van der Waals surface area contributed by atoms with E-state index in [-0.39, 0.29) is 13.0 Å². The summed E-state index contributed by atoms with van der Waals surface area (Å²) in [5, 5.41) is 2.37. The normalized spacial score (nSPS) is 11.7.